The Morgan fingerprint density at radius 1 is 1.04 bits per heavy atom. The molecule has 1 rings (SSSR count). The second kappa shape index (κ2) is 13.0. The number of thiophene rings is 1. The van der Waals surface area contributed by atoms with E-state index in [2.05, 4.69) is 6.92 Å². The number of carbonyl (C=O) groups is 2. The highest BCUT2D eigenvalue weighted by Crippen LogP contribution is 2.11. The number of likely N-dealkylation sites (N-methyl/N-ethyl adjacent to an activating group) is 1. The third kappa shape index (κ3) is 9.06. The van der Waals surface area contributed by atoms with Crippen LogP contribution in [0.4, 0.5) is 0 Å². The molecule has 24 heavy (non-hydrogen) atoms. The number of esters is 1. The second-order valence-corrected chi connectivity index (χ2v) is 7.14. The van der Waals surface area contributed by atoms with Crippen molar-refractivity contribution in [1.82, 2.24) is 4.90 Å². The molecule has 0 saturated heterocycles. The molecule has 0 N–H and O–H groups in total. The van der Waals surface area contributed by atoms with Gasteiger partial charge < -0.3 is 9.64 Å². The Kier molecular flexibility index (Phi) is 11.2. The van der Waals surface area contributed by atoms with Crippen LogP contribution in [0.3, 0.4) is 0 Å². The standard InChI is InChI=1S/C19H31NO3S/c1-3-4-5-6-7-8-9-10-11-14-23-18(21)16-20(2)19(22)17-13-12-15-24-17/h12-13,15H,3-11,14,16H2,1-2H3. The van der Waals surface area contributed by atoms with Gasteiger partial charge in [0, 0.05) is 7.05 Å². The fourth-order valence-electron chi connectivity index (χ4n) is 2.50. The molecule has 1 aromatic rings. The second-order valence-electron chi connectivity index (χ2n) is 6.19. The van der Waals surface area contributed by atoms with Crippen LogP contribution in [0.5, 0.6) is 0 Å². The Balaban J connectivity index is 1.99. The van der Waals surface area contributed by atoms with Gasteiger partial charge in [-0.05, 0) is 17.9 Å². The Morgan fingerprint density at radius 3 is 2.25 bits per heavy atom. The Hall–Kier alpha value is -1.36. The van der Waals surface area contributed by atoms with Crippen molar-refractivity contribution in [2.45, 2.75) is 64.7 Å². The summed E-state index contributed by atoms with van der Waals surface area (Å²) in [6.07, 6.45) is 11.1. The van der Waals surface area contributed by atoms with E-state index in [9.17, 15) is 9.59 Å². The minimum Gasteiger partial charge on any atom is -0.464 e. The smallest absolute Gasteiger partial charge is 0.325 e. The van der Waals surface area contributed by atoms with Gasteiger partial charge >= 0.3 is 5.97 Å². The molecule has 0 spiro atoms. The summed E-state index contributed by atoms with van der Waals surface area (Å²) in [5, 5.41) is 1.85. The molecule has 0 unspecified atom stereocenters. The SMILES string of the molecule is CCCCCCCCCCCOC(=O)CN(C)C(=O)c1cccs1. The molecular weight excluding hydrogens is 322 g/mol. The zero-order valence-corrected chi connectivity index (χ0v) is 15.9. The summed E-state index contributed by atoms with van der Waals surface area (Å²) >= 11 is 1.38. The average molecular weight is 354 g/mol. The molecule has 5 heteroatoms. The van der Waals surface area contributed by atoms with Crippen molar-refractivity contribution >= 4 is 23.2 Å². The number of hydrogen-bond acceptors (Lipinski definition) is 4. The maximum absolute atomic E-state index is 12.0. The summed E-state index contributed by atoms with van der Waals surface area (Å²) in [4.78, 5) is 25.8. The summed E-state index contributed by atoms with van der Waals surface area (Å²) in [5.74, 6) is -0.466. The van der Waals surface area contributed by atoms with Gasteiger partial charge in [-0.2, -0.15) is 0 Å². The van der Waals surface area contributed by atoms with Gasteiger partial charge in [-0.3, -0.25) is 9.59 Å². The van der Waals surface area contributed by atoms with Gasteiger partial charge in [0.05, 0.1) is 11.5 Å². The lowest BCUT2D eigenvalue weighted by molar-refractivity contribution is -0.144. The highest BCUT2D eigenvalue weighted by Gasteiger charge is 2.16. The van der Waals surface area contributed by atoms with Crippen LogP contribution in [0.15, 0.2) is 17.5 Å². The number of nitrogens with zero attached hydrogens (tertiary/aromatic N) is 1. The molecule has 0 bridgehead atoms. The van der Waals surface area contributed by atoms with E-state index < -0.39 is 0 Å². The third-order valence-corrected chi connectivity index (χ3v) is 4.81. The highest BCUT2D eigenvalue weighted by molar-refractivity contribution is 7.12. The normalized spacial score (nSPS) is 10.6. The number of hydrogen-bond donors (Lipinski definition) is 0. The van der Waals surface area contributed by atoms with Crippen molar-refractivity contribution < 1.29 is 14.3 Å². The van der Waals surface area contributed by atoms with Crippen LogP contribution >= 0.6 is 11.3 Å². The number of carbonyl (C=O) groups excluding carboxylic acids is 2. The minimum atomic E-state index is -0.332. The van der Waals surface area contributed by atoms with Crippen LogP contribution < -0.4 is 0 Å². The van der Waals surface area contributed by atoms with Crippen LogP contribution in [0.25, 0.3) is 0 Å². The molecule has 0 aliphatic rings. The lowest BCUT2D eigenvalue weighted by Gasteiger charge is -2.15. The van der Waals surface area contributed by atoms with Crippen molar-refractivity contribution in [2.24, 2.45) is 0 Å². The topological polar surface area (TPSA) is 46.6 Å². The molecule has 136 valence electrons. The first kappa shape index (κ1) is 20.7. The molecule has 0 saturated carbocycles. The van der Waals surface area contributed by atoms with Gasteiger partial charge in [-0.25, -0.2) is 0 Å². The maximum atomic E-state index is 12.0. The molecule has 0 radical (unpaired) electrons. The zero-order valence-electron chi connectivity index (χ0n) is 15.1. The molecule has 0 fully saturated rings. The summed E-state index contributed by atoms with van der Waals surface area (Å²) < 4.78 is 5.21. The van der Waals surface area contributed by atoms with Crippen molar-refractivity contribution in [3.63, 3.8) is 0 Å². The van der Waals surface area contributed by atoms with Gasteiger partial charge in [-0.15, -0.1) is 11.3 Å². The van der Waals surface area contributed by atoms with E-state index in [1.165, 1.54) is 61.2 Å². The molecule has 0 aliphatic heterocycles. The van der Waals surface area contributed by atoms with E-state index in [0.29, 0.717) is 11.5 Å². The third-order valence-electron chi connectivity index (χ3n) is 3.96. The fourth-order valence-corrected chi connectivity index (χ4v) is 3.22. The van der Waals surface area contributed by atoms with Gasteiger partial charge in [0.15, 0.2) is 0 Å². The highest BCUT2D eigenvalue weighted by atomic mass is 32.1. The molecule has 0 atom stereocenters. The van der Waals surface area contributed by atoms with Crippen LogP contribution in [-0.4, -0.2) is 37.0 Å². The zero-order chi connectivity index (χ0) is 17.6. The minimum absolute atomic E-state index is 0.00810. The first-order valence-corrected chi connectivity index (χ1v) is 9.97. The van der Waals surface area contributed by atoms with Crippen LogP contribution in [0.1, 0.15) is 74.4 Å². The van der Waals surface area contributed by atoms with Crippen molar-refractivity contribution in [2.75, 3.05) is 20.2 Å². The monoisotopic (exact) mass is 353 g/mol. The first-order chi connectivity index (χ1) is 11.6. The van der Waals surface area contributed by atoms with Gasteiger partial charge in [0.25, 0.3) is 5.91 Å². The van der Waals surface area contributed by atoms with E-state index in [1.54, 1.807) is 13.1 Å². The van der Waals surface area contributed by atoms with E-state index in [-0.39, 0.29) is 18.4 Å². The van der Waals surface area contributed by atoms with E-state index >= 15 is 0 Å². The lowest BCUT2D eigenvalue weighted by atomic mass is 10.1. The van der Waals surface area contributed by atoms with Crippen molar-refractivity contribution in [3.8, 4) is 0 Å². The lowest BCUT2D eigenvalue weighted by Crippen LogP contribution is -2.32. The average Bonchev–Trinajstić information content (AvgIpc) is 3.10. The predicted octanol–water partition coefficient (Wildman–Crippen LogP) is 4.89. The van der Waals surface area contributed by atoms with Gasteiger partial charge in [0.2, 0.25) is 0 Å². The molecular formula is C19H31NO3S. The van der Waals surface area contributed by atoms with E-state index in [4.69, 9.17) is 4.74 Å². The first-order valence-electron chi connectivity index (χ1n) is 9.09. The van der Waals surface area contributed by atoms with Crippen LogP contribution in [0, 0.1) is 0 Å². The number of unbranched alkanes of at least 4 members (excludes halogenated alkanes) is 8. The quantitative estimate of drug-likeness (QED) is 0.374. The van der Waals surface area contributed by atoms with Gasteiger partial charge in [0.1, 0.15) is 6.54 Å². The molecule has 1 amide bonds. The summed E-state index contributed by atoms with van der Waals surface area (Å²) in [6.45, 7) is 2.70. The van der Waals surface area contributed by atoms with Crippen molar-refractivity contribution in [1.29, 1.82) is 0 Å². The summed E-state index contributed by atoms with van der Waals surface area (Å²) in [7, 11) is 1.63. The summed E-state index contributed by atoms with van der Waals surface area (Å²) in [5.41, 5.74) is 0. The fraction of sp³-hybridized carbons (Fsp3) is 0.684. The number of rotatable bonds is 13. The molecule has 1 aromatic heterocycles. The molecule has 0 aliphatic carbocycles. The van der Waals surface area contributed by atoms with Crippen LogP contribution in [0.2, 0.25) is 0 Å². The maximum Gasteiger partial charge on any atom is 0.325 e. The predicted molar refractivity (Wildman–Crippen MR) is 99.5 cm³/mol. The molecule has 0 aromatic carbocycles. The van der Waals surface area contributed by atoms with Crippen molar-refractivity contribution in [3.05, 3.63) is 22.4 Å². The Labute approximate surface area is 150 Å². The number of ether oxygens (including phenoxy) is 1. The Bertz CT molecular complexity index is 459. The largest absolute Gasteiger partial charge is 0.464 e. The molecule has 4 nitrogen and oxygen atoms in total. The van der Waals surface area contributed by atoms with E-state index in [0.717, 1.165) is 12.8 Å². The summed E-state index contributed by atoms with van der Waals surface area (Å²) in [6, 6.07) is 3.59. The van der Waals surface area contributed by atoms with E-state index in [1.807, 2.05) is 11.4 Å². The Morgan fingerprint density at radius 2 is 1.67 bits per heavy atom. The van der Waals surface area contributed by atoms with Crippen LogP contribution in [-0.2, 0) is 9.53 Å². The van der Waals surface area contributed by atoms with Gasteiger partial charge in [-0.1, -0.05) is 64.4 Å². The molecule has 1 heterocycles. The number of amides is 1.